The molecule has 7 heteroatoms. The van der Waals surface area contributed by atoms with Crippen LogP contribution >= 0.6 is 27.5 Å². The Bertz CT molecular complexity index is 660. The van der Waals surface area contributed by atoms with Gasteiger partial charge in [0.05, 0.1) is 5.02 Å². The Morgan fingerprint density at radius 1 is 1.50 bits per heavy atom. The summed E-state index contributed by atoms with van der Waals surface area (Å²) in [5, 5.41) is 9.38. The molecule has 0 aliphatic rings. The maximum Gasteiger partial charge on any atom is 0.269 e. The molecular weight excluding hydrogens is 326 g/mol. The number of rotatable bonds is 2. The van der Waals surface area contributed by atoms with Gasteiger partial charge in [-0.15, -0.1) is 0 Å². The average Bonchev–Trinajstić information content (AvgIpc) is 2.32. The van der Waals surface area contributed by atoms with E-state index < -0.39 is 17.3 Å². The van der Waals surface area contributed by atoms with E-state index >= 15 is 0 Å². The summed E-state index contributed by atoms with van der Waals surface area (Å²) in [6.45, 7) is 0. The number of halogens is 3. The summed E-state index contributed by atoms with van der Waals surface area (Å²) in [6.07, 6.45) is 0.0302. The molecule has 2 aromatic rings. The zero-order valence-corrected chi connectivity index (χ0v) is 11.2. The van der Waals surface area contributed by atoms with Crippen LogP contribution in [-0.2, 0) is 6.42 Å². The first-order valence-electron chi connectivity index (χ1n) is 4.89. The van der Waals surface area contributed by atoms with Crippen LogP contribution in [0.5, 0.6) is 5.88 Å². The number of aromatic amines is 1. The lowest BCUT2D eigenvalue weighted by Gasteiger charge is -2.05. The fourth-order valence-electron chi connectivity index (χ4n) is 1.44. The number of H-pyrrole nitrogens is 1. The molecule has 0 aliphatic carbocycles. The Morgan fingerprint density at radius 3 is 2.89 bits per heavy atom. The number of aromatic hydroxyl groups is 1. The molecule has 0 amide bonds. The molecule has 0 fully saturated rings. The topological polar surface area (TPSA) is 66.0 Å². The van der Waals surface area contributed by atoms with Crippen LogP contribution in [0.4, 0.5) is 4.39 Å². The van der Waals surface area contributed by atoms with Gasteiger partial charge in [0.2, 0.25) is 5.88 Å². The lowest BCUT2D eigenvalue weighted by Crippen LogP contribution is -2.12. The van der Waals surface area contributed by atoms with E-state index in [0.29, 0.717) is 0 Å². The minimum absolute atomic E-state index is 0.00354. The zero-order chi connectivity index (χ0) is 13.3. The monoisotopic (exact) mass is 332 g/mol. The molecule has 0 unspecified atom stereocenters. The summed E-state index contributed by atoms with van der Waals surface area (Å²) in [5.41, 5.74) is -0.243. The molecule has 94 valence electrons. The van der Waals surface area contributed by atoms with E-state index in [-0.39, 0.29) is 27.3 Å². The maximum atomic E-state index is 13.6. The first-order chi connectivity index (χ1) is 8.49. The summed E-state index contributed by atoms with van der Waals surface area (Å²) in [6, 6.07) is 4.55. The molecule has 0 saturated heterocycles. The van der Waals surface area contributed by atoms with Gasteiger partial charge in [-0.05, 0) is 27.6 Å². The molecule has 1 heterocycles. The van der Waals surface area contributed by atoms with Gasteiger partial charge < -0.3 is 10.1 Å². The van der Waals surface area contributed by atoms with Crippen molar-refractivity contribution in [1.82, 2.24) is 9.97 Å². The SMILES string of the molecule is O=c1[nH]c(Cc2cccc(Cl)c2F)nc(O)c1Br. The normalized spacial score (nSPS) is 10.6. The first kappa shape index (κ1) is 13.0. The van der Waals surface area contributed by atoms with Crippen molar-refractivity contribution in [2.24, 2.45) is 0 Å². The number of hydrogen-bond acceptors (Lipinski definition) is 3. The van der Waals surface area contributed by atoms with Crippen LogP contribution in [0.1, 0.15) is 11.4 Å². The standard InChI is InChI=1S/C11H7BrClFN2O2/c12-8-10(17)15-7(16-11(8)18)4-5-2-1-3-6(13)9(5)14/h1-3H,4H2,(H2,15,16,17,18). The molecule has 1 aromatic carbocycles. The summed E-state index contributed by atoms with van der Waals surface area (Å²) < 4.78 is 13.6. The van der Waals surface area contributed by atoms with Crippen molar-refractivity contribution < 1.29 is 9.50 Å². The second-order valence-electron chi connectivity index (χ2n) is 3.54. The van der Waals surface area contributed by atoms with Crippen molar-refractivity contribution in [1.29, 1.82) is 0 Å². The molecule has 0 spiro atoms. The minimum atomic E-state index is -0.566. The second kappa shape index (κ2) is 5.07. The highest BCUT2D eigenvalue weighted by Gasteiger charge is 2.11. The third-order valence-electron chi connectivity index (χ3n) is 2.28. The van der Waals surface area contributed by atoms with E-state index in [0.717, 1.165) is 0 Å². The Balaban J connectivity index is 2.41. The molecule has 4 nitrogen and oxygen atoms in total. The Hall–Kier alpha value is -1.40. The largest absolute Gasteiger partial charge is 0.492 e. The molecule has 2 N–H and O–H groups in total. The van der Waals surface area contributed by atoms with Gasteiger partial charge in [-0.1, -0.05) is 23.7 Å². The third-order valence-corrected chi connectivity index (χ3v) is 3.29. The molecule has 0 bridgehead atoms. The van der Waals surface area contributed by atoms with Crippen LogP contribution in [0, 0.1) is 5.82 Å². The molecule has 0 radical (unpaired) electrons. The Kier molecular flexibility index (Phi) is 3.68. The number of aromatic nitrogens is 2. The van der Waals surface area contributed by atoms with Crippen LogP contribution < -0.4 is 5.56 Å². The predicted molar refractivity (Wildman–Crippen MR) is 68.4 cm³/mol. The number of nitrogens with one attached hydrogen (secondary N) is 1. The molecule has 1 aromatic heterocycles. The van der Waals surface area contributed by atoms with Gasteiger partial charge in [0, 0.05) is 6.42 Å². The second-order valence-corrected chi connectivity index (χ2v) is 4.74. The molecular formula is C11H7BrClFN2O2. The smallest absolute Gasteiger partial charge is 0.269 e. The van der Waals surface area contributed by atoms with Gasteiger partial charge in [0.15, 0.2) is 0 Å². The van der Waals surface area contributed by atoms with Gasteiger partial charge in [-0.2, -0.15) is 4.98 Å². The van der Waals surface area contributed by atoms with Gasteiger partial charge in [-0.25, -0.2) is 4.39 Å². The van der Waals surface area contributed by atoms with Crippen molar-refractivity contribution in [2.45, 2.75) is 6.42 Å². The fourth-order valence-corrected chi connectivity index (χ4v) is 1.82. The maximum absolute atomic E-state index is 13.6. The van der Waals surface area contributed by atoms with Gasteiger partial charge in [-0.3, -0.25) is 4.79 Å². The van der Waals surface area contributed by atoms with Gasteiger partial charge in [0.25, 0.3) is 5.56 Å². The van der Waals surface area contributed by atoms with E-state index in [1.165, 1.54) is 12.1 Å². The number of benzene rings is 1. The van der Waals surface area contributed by atoms with Crippen molar-refractivity contribution in [3.05, 3.63) is 55.3 Å². The third kappa shape index (κ3) is 2.54. The highest BCUT2D eigenvalue weighted by Crippen LogP contribution is 2.21. The summed E-state index contributed by atoms with van der Waals surface area (Å²) in [5.74, 6) is -0.845. The van der Waals surface area contributed by atoms with E-state index in [1.807, 2.05) is 0 Å². The predicted octanol–water partition coefficient (Wildman–Crippen LogP) is 2.62. The minimum Gasteiger partial charge on any atom is -0.492 e. The highest BCUT2D eigenvalue weighted by molar-refractivity contribution is 9.10. The van der Waals surface area contributed by atoms with Crippen molar-refractivity contribution in [2.75, 3.05) is 0 Å². The lowest BCUT2D eigenvalue weighted by molar-refractivity contribution is 0.444. The van der Waals surface area contributed by atoms with Gasteiger partial charge in [0.1, 0.15) is 16.1 Å². The molecule has 0 atom stereocenters. The summed E-state index contributed by atoms with van der Waals surface area (Å²) in [7, 11) is 0. The van der Waals surface area contributed by atoms with E-state index in [2.05, 4.69) is 25.9 Å². The summed E-state index contributed by atoms with van der Waals surface area (Å²) in [4.78, 5) is 17.6. The quantitative estimate of drug-likeness (QED) is 0.888. The van der Waals surface area contributed by atoms with Gasteiger partial charge >= 0.3 is 0 Å². The fraction of sp³-hybridized carbons (Fsp3) is 0.0909. The Morgan fingerprint density at radius 2 is 2.22 bits per heavy atom. The van der Waals surface area contributed by atoms with E-state index in [4.69, 9.17) is 11.6 Å². The van der Waals surface area contributed by atoms with Crippen molar-refractivity contribution >= 4 is 27.5 Å². The van der Waals surface area contributed by atoms with E-state index in [1.54, 1.807) is 6.07 Å². The molecule has 18 heavy (non-hydrogen) atoms. The zero-order valence-electron chi connectivity index (χ0n) is 8.88. The number of hydrogen-bond donors (Lipinski definition) is 2. The van der Waals surface area contributed by atoms with Crippen LogP contribution in [-0.4, -0.2) is 15.1 Å². The van der Waals surface area contributed by atoms with Crippen LogP contribution in [0.3, 0.4) is 0 Å². The average molecular weight is 334 g/mol. The van der Waals surface area contributed by atoms with Crippen molar-refractivity contribution in [3.63, 3.8) is 0 Å². The van der Waals surface area contributed by atoms with Crippen LogP contribution in [0.25, 0.3) is 0 Å². The molecule has 0 saturated carbocycles. The van der Waals surface area contributed by atoms with Crippen LogP contribution in [0.15, 0.2) is 27.5 Å². The molecule has 2 rings (SSSR count). The van der Waals surface area contributed by atoms with Crippen LogP contribution in [0.2, 0.25) is 5.02 Å². The van der Waals surface area contributed by atoms with Crippen molar-refractivity contribution in [3.8, 4) is 5.88 Å². The first-order valence-corrected chi connectivity index (χ1v) is 6.06. The number of nitrogens with zero attached hydrogens (tertiary/aromatic N) is 1. The van der Waals surface area contributed by atoms with E-state index in [9.17, 15) is 14.3 Å². The summed E-state index contributed by atoms with van der Waals surface area (Å²) >= 11 is 8.52. The highest BCUT2D eigenvalue weighted by atomic mass is 79.9. The lowest BCUT2D eigenvalue weighted by atomic mass is 10.1. The molecule has 0 aliphatic heterocycles. The Labute approximate surface area is 115 Å².